The first-order valence-corrected chi connectivity index (χ1v) is 6.56. The molecule has 2 N–H and O–H groups in total. The van der Waals surface area contributed by atoms with Crippen LogP contribution in [0.2, 0.25) is 0 Å². The fraction of sp³-hybridized carbons (Fsp3) is 0.917. The van der Waals surface area contributed by atoms with E-state index in [0.717, 1.165) is 18.9 Å². The number of hydrogen-bond donors (Lipinski definition) is 1. The van der Waals surface area contributed by atoms with Crippen molar-refractivity contribution in [2.24, 2.45) is 5.73 Å². The zero-order valence-corrected chi connectivity index (χ0v) is 11.0. The number of hydrogen-bond acceptors (Lipinski definition) is 2. The molecule has 1 saturated heterocycles. The highest BCUT2D eigenvalue weighted by atomic mass is 32.1. The van der Waals surface area contributed by atoms with Crippen LogP contribution in [-0.2, 0) is 0 Å². The highest BCUT2D eigenvalue weighted by Crippen LogP contribution is 2.30. The maximum absolute atomic E-state index is 5.67. The zero-order valence-electron chi connectivity index (χ0n) is 10.2. The minimum Gasteiger partial charge on any atom is -0.393 e. The summed E-state index contributed by atoms with van der Waals surface area (Å²) in [6, 6.07) is 2.01. The minimum absolute atomic E-state index is 0.560. The Kier molecular flexibility index (Phi) is 5.00. The second-order valence-electron chi connectivity index (χ2n) is 4.67. The maximum atomic E-state index is 5.67. The highest BCUT2D eigenvalue weighted by Gasteiger charge is 2.33. The van der Waals surface area contributed by atoms with Crippen LogP contribution in [0.3, 0.4) is 0 Å². The van der Waals surface area contributed by atoms with Crippen molar-refractivity contribution in [2.45, 2.75) is 71.0 Å². The fourth-order valence-electron chi connectivity index (χ4n) is 2.86. The van der Waals surface area contributed by atoms with Gasteiger partial charge in [0.05, 0.1) is 4.99 Å². The number of nitrogens with zero attached hydrogens (tertiary/aromatic N) is 1. The van der Waals surface area contributed by atoms with Crippen LogP contribution in [0.1, 0.15) is 52.9 Å². The van der Waals surface area contributed by atoms with Gasteiger partial charge in [0.15, 0.2) is 0 Å². The van der Waals surface area contributed by atoms with Gasteiger partial charge in [-0.25, -0.2) is 0 Å². The monoisotopic (exact) mass is 228 g/mol. The van der Waals surface area contributed by atoms with Crippen molar-refractivity contribution in [3.05, 3.63) is 0 Å². The summed E-state index contributed by atoms with van der Waals surface area (Å²) in [5.74, 6) is 0. The molecule has 3 unspecified atom stereocenters. The predicted octanol–water partition coefficient (Wildman–Crippen LogP) is 2.70. The molecule has 0 aromatic carbocycles. The molecule has 2 nitrogen and oxygen atoms in total. The van der Waals surface area contributed by atoms with Gasteiger partial charge in [-0.15, -0.1) is 0 Å². The molecule has 0 saturated carbocycles. The quantitative estimate of drug-likeness (QED) is 0.734. The molecule has 1 heterocycles. The van der Waals surface area contributed by atoms with Crippen molar-refractivity contribution in [1.29, 1.82) is 0 Å². The lowest BCUT2D eigenvalue weighted by molar-refractivity contribution is 0.133. The summed E-state index contributed by atoms with van der Waals surface area (Å²) in [5.41, 5.74) is 5.67. The smallest absolute Gasteiger partial charge is 0.0743 e. The Labute approximate surface area is 99.2 Å². The van der Waals surface area contributed by atoms with E-state index in [1.54, 1.807) is 0 Å². The Bertz CT molecular complexity index is 218. The van der Waals surface area contributed by atoms with E-state index in [9.17, 15) is 0 Å². The van der Waals surface area contributed by atoms with E-state index in [0.29, 0.717) is 17.1 Å². The van der Waals surface area contributed by atoms with Crippen LogP contribution >= 0.6 is 12.2 Å². The van der Waals surface area contributed by atoms with Gasteiger partial charge in [-0.3, -0.25) is 4.90 Å². The molecular formula is C12H24N2S. The molecule has 1 fully saturated rings. The van der Waals surface area contributed by atoms with E-state index >= 15 is 0 Å². The summed E-state index contributed by atoms with van der Waals surface area (Å²) in [4.78, 5) is 3.31. The van der Waals surface area contributed by atoms with Crippen molar-refractivity contribution in [2.75, 3.05) is 0 Å². The molecular weight excluding hydrogens is 204 g/mol. The van der Waals surface area contributed by atoms with E-state index < -0.39 is 0 Å². The largest absolute Gasteiger partial charge is 0.393 e. The van der Waals surface area contributed by atoms with Crippen LogP contribution in [0.4, 0.5) is 0 Å². The third-order valence-corrected chi connectivity index (χ3v) is 3.82. The van der Waals surface area contributed by atoms with Crippen molar-refractivity contribution >= 4 is 17.2 Å². The molecule has 1 aliphatic heterocycles. The topological polar surface area (TPSA) is 29.3 Å². The van der Waals surface area contributed by atoms with Crippen LogP contribution in [0.25, 0.3) is 0 Å². The van der Waals surface area contributed by atoms with Crippen molar-refractivity contribution in [1.82, 2.24) is 4.90 Å². The van der Waals surface area contributed by atoms with Gasteiger partial charge in [-0.05, 0) is 32.6 Å². The van der Waals surface area contributed by atoms with Crippen LogP contribution in [0.15, 0.2) is 0 Å². The SMILES string of the molecule is CCC1CCC(C)N1C(CC)CC(N)=S. The summed E-state index contributed by atoms with van der Waals surface area (Å²) in [5, 5.41) is 0. The first-order valence-electron chi connectivity index (χ1n) is 6.15. The average Bonchev–Trinajstić information content (AvgIpc) is 2.56. The first kappa shape index (κ1) is 12.9. The van der Waals surface area contributed by atoms with Crippen molar-refractivity contribution in [3.8, 4) is 0 Å². The minimum atomic E-state index is 0.560. The molecule has 0 bridgehead atoms. The molecule has 0 aromatic rings. The van der Waals surface area contributed by atoms with Gasteiger partial charge in [0.25, 0.3) is 0 Å². The normalized spacial score (nSPS) is 29.3. The highest BCUT2D eigenvalue weighted by molar-refractivity contribution is 7.80. The Morgan fingerprint density at radius 2 is 2.13 bits per heavy atom. The van der Waals surface area contributed by atoms with Crippen molar-refractivity contribution in [3.63, 3.8) is 0 Å². The van der Waals surface area contributed by atoms with Crippen LogP contribution < -0.4 is 5.73 Å². The van der Waals surface area contributed by atoms with Gasteiger partial charge in [0.2, 0.25) is 0 Å². The van der Waals surface area contributed by atoms with E-state index in [-0.39, 0.29) is 0 Å². The molecule has 0 radical (unpaired) electrons. The van der Waals surface area contributed by atoms with E-state index in [2.05, 4.69) is 25.7 Å². The summed E-state index contributed by atoms with van der Waals surface area (Å²) >= 11 is 5.04. The van der Waals surface area contributed by atoms with Gasteiger partial charge in [0.1, 0.15) is 0 Å². The second-order valence-corrected chi connectivity index (χ2v) is 5.19. The molecule has 0 aliphatic carbocycles. The molecule has 3 atom stereocenters. The first-order chi connectivity index (χ1) is 7.10. The summed E-state index contributed by atoms with van der Waals surface area (Å²) in [6.45, 7) is 6.85. The van der Waals surface area contributed by atoms with Gasteiger partial charge >= 0.3 is 0 Å². The second kappa shape index (κ2) is 5.80. The lowest BCUT2D eigenvalue weighted by Gasteiger charge is -2.35. The van der Waals surface area contributed by atoms with Gasteiger partial charge in [0, 0.05) is 24.5 Å². The van der Waals surface area contributed by atoms with Gasteiger partial charge in [-0.1, -0.05) is 26.1 Å². The maximum Gasteiger partial charge on any atom is 0.0743 e. The van der Waals surface area contributed by atoms with E-state index in [1.165, 1.54) is 19.3 Å². The van der Waals surface area contributed by atoms with E-state index in [4.69, 9.17) is 18.0 Å². The Balaban J connectivity index is 2.67. The molecule has 0 aromatic heterocycles. The lowest BCUT2D eigenvalue weighted by Crippen LogP contribution is -2.44. The Morgan fingerprint density at radius 3 is 2.60 bits per heavy atom. The molecule has 3 heteroatoms. The molecule has 15 heavy (non-hydrogen) atoms. The average molecular weight is 228 g/mol. The summed E-state index contributed by atoms with van der Waals surface area (Å²) in [6.07, 6.45) is 5.95. The Morgan fingerprint density at radius 1 is 1.47 bits per heavy atom. The van der Waals surface area contributed by atoms with Crippen LogP contribution in [-0.4, -0.2) is 28.0 Å². The molecule has 0 amide bonds. The van der Waals surface area contributed by atoms with Gasteiger partial charge < -0.3 is 5.73 Å². The number of thiocarbonyl (C=S) groups is 1. The standard InChI is InChI=1S/C12H24N2S/c1-4-10-7-6-9(3)14(10)11(5-2)8-12(13)15/h9-11H,4-8H2,1-3H3,(H2,13,15). The number of likely N-dealkylation sites (tertiary alicyclic amines) is 1. The molecule has 0 spiro atoms. The molecule has 88 valence electrons. The third-order valence-electron chi connectivity index (χ3n) is 3.65. The van der Waals surface area contributed by atoms with E-state index in [1.807, 2.05) is 0 Å². The van der Waals surface area contributed by atoms with Crippen LogP contribution in [0.5, 0.6) is 0 Å². The summed E-state index contributed by atoms with van der Waals surface area (Å²) in [7, 11) is 0. The zero-order chi connectivity index (χ0) is 11.4. The van der Waals surface area contributed by atoms with Crippen LogP contribution in [0, 0.1) is 0 Å². The fourth-order valence-corrected chi connectivity index (χ4v) is 3.05. The predicted molar refractivity (Wildman–Crippen MR) is 70.1 cm³/mol. The summed E-state index contributed by atoms with van der Waals surface area (Å²) < 4.78 is 0. The molecule has 1 aliphatic rings. The number of nitrogens with two attached hydrogens (primary N) is 1. The number of rotatable bonds is 5. The van der Waals surface area contributed by atoms with Crippen molar-refractivity contribution < 1.29 is 0 Å². The molecule has 1 rings (SSSR count). The Hall–Kier alpha value is -0.150. The third kappa shape index (κ3) is 3.15. The van der Waals surface area contributed by atoms with Gasteiger partial charge in [-0.2, -0.15) is 0 Å². The lowest BCUT2D eigenvalue weighted by atomic mass is 10.1.